The molecule has 1 aliphatic heterocycles. The highest BCUT2D eigenvalue weighted by molar-refractivity contribution is 5.90. The Morgan fingerprint density at radius 2 is 1.68 bits per heavy atom. The summed E-state index contributed by atoms with van der Waals surface area (Å²) in [6.07, 6.45) is -3.24. The van der Waals surface area contributed by atoms with Gasteiger partial charge in [-0.3, -0.25) is 0 Å². The van der Waals surface area contributed by atoms with Crippen molar-refractivity contribution in [3.05, 3.63) is 90.8 Å². The molecular weight excluding hydrogens is 447 g/mol. The first kappa shape index (κ1) is 21.5. The monoisotopic (exact) mass is 465 g/mol. The molecule has 0 unspecified atom stereocenters. The van der Waals surface area contributed by atoms with Gasteiger partial charge < -0.3 is 14.8 Å². The zero-order chi connectivity index (χ0) is 23.5. The fourth-order valence-corrected chi connectivity index (χ4v) is 3.43. The van der Waals surface area contributed by atoms with Crippen molar-refractivity contribution in [2.45, 2.75) is 12.4 Å². The molecule has 0 bridgehead atoms. The first-order valence-corrected chi connectivity index (χ1v) is 10.3. The van der Waals surface area contributed by atoms with Gasteiger partial charge in [0.15, 0.2) is 5.82 Å². The molecule has 0 saturated carbocycles. The third-order valence-electron chi connectivity index (χ3n) is 5.06. The van der Waals surface area contributed by atoms with E-state index in [4.69, 9.17) is 4.74 Å². The van der Waals surface area contributed by atoms with Gasteiger partial charge in [0.2, 0.25) is 0 Å². The summed E-state index contributed by atoms with van der Waals surface area (Å²) in [5, 5.41) is 7.57. The Morgan fingerprint density at radius 1 is 0.941 bits per heavy atom. The number of anilines is 1. The molecule has 10 heteroatoms. The van der Waals surface area contributed by atoms with E-state index in [0.717, 1.165) is 16.8 Å². The van der Waals surface area contributed by atoms with Crippen LogP contribution in [0.25, 0.3) is 17.1 Å². The van der Waals surface area contributed by atoms with Gasteiger partial charge in [-0.05, 0) is 54.1 Å². The summed E-state index contributed by atoms with van der Waals surface area (Å²) >= 11 is 0. The highest BCUT2D eigenvalue weighted by Crippen LogP contribution is 2.26. The molecule has 0 spiro atoms. The molecule has 0 amide bonds. The van der Waals surface area contributed by atoms with Gasteiger partial charge in [0.1, 0.15) is 24.7 Å². The van der Waals surface area contributed by atoms with Gasteiger partial charge in [-0.25, -0.2) is 14.7 Å². The normalized spacial score (nSPS) is 15.5. The third kappa shape index (κ3) is 5.01. The SMILES string of the molecule is FC(F)(F)Oc1ccc(-n2cnc(-c3ccc(NC4=N[C@H](c5ccccc5)CO4)cc3)n2)cc1. The molecular formula is C24H18F3N5O2. The molecule has 1 N–H and O–H groups in total. The van der Waals surface area contributed by atoms with Crippen LogP contribution < -0.4 is 10.1 Å². The Kier molecular flexibility index (Phi) is 5.62. The molecule has 5 rings (SSSR count). The number of hydrogen-bond donors (Lipinski definition) is 1. The van der Waals surface area contributed by atoms with Crippen LogP contribution >= 0.6 is 0 Å². The van der Waals surface area contributed by atoms with E-state index >= 15 is 0 Å². The average Bonchev–Trinajstić information content (AvgIpc) is 3.50. The van der Waals surface area contributed by atoms with E-state index in [2.05, 4.69) is 25.1 Å². The quantitative estimate of drug-likeness (QED) is 0.429. The van der Waals surface area contributed by atoms with E-state index in [1.807, 2.05) is 54.6 Å². The fraction of sp³-hybridized carbons (Fsp3) is 0.125. The third-order valence-corrected chi connectivity index (χ3v) is 5.06. The maximum absolute atomic E-state index is 12.3. The van der Waals surface area contributed by atoms with Crippen LogP contribution in [0.3, 0.4) is 0 Å². The molecule has 34 heavy (non-hydrogen) atoms. The molecule has 7 nitrogen and oxygen atoms in total. The second kappa shape index (κ2) is 8.89. The lowest BCUT2D eigenvalue weighted by Gasteiger charge is -2.09. The summed E-state index contributed by atoms with van der Waals surface area (Å²) in [4.78, 5) is 8.87. The van der Waals surface area contributed by atoms with Gasteiger partial charge in [-0.2, -0.15) is 0 Å². The van der Waals surface area contributed by atoms with E-state index in [9.17, 15) is 13.2 Å². The van der Waals surface area contributed by atoms with Crippen molar-refractivity contribution in [2.75, 3.05) is 11.9 Å². The average molecular weight is 465 g/mol. The van der Waals surface area contributed by atoms with Crippen LogP contribution in [0.5, 0.6) is 5.75 Å². The van der Waals surface area contributed by atoms with Gasteiger partial charge in [0.25, 0.3) is 6.02 Å². The van der Waals surface area contributed by atoms with Crippen LogP contribution in [0.15, 0.2) is 90.2 Å². The Bertz CT molecular complexity index is 1290. The van der Waals surface area contributed by atoms with Crippen LogP contribution in [0.4, 0.5) is 18.9 Å². The number of nitrogens with zero attached hydrogens (tertiary/aromatic N) is 4. The van der Waals surface area contributed by atoms with Crippen LogP contribution in [-0.2, 0) is 4.74 Å². The van der Waals surface area contributed by atoms with Gasteiger partial charge >= 0.3 is 6.36 Å². The molecule has 0 radical (unpaired) electrons. The second-order valence-corrected chi connectivity index (χ2v) is 7.43. The number of rotatable bonds is 5. The maximum atomic E-state index is 12.3. The summed E-state index contributed by atoms with van der Waals surface area (Å²) in [5.74, 6) is 0.173. The van der Waals surface area contributed by atoms with Crippen LogP contribution in [0.2, 0.25) is 0 Å². The first-order valence-electron chi connectivity index (χ1n) is 10.3. The maximum Gasteiger partial charge on any atom is 0.573 e. The Balaban J connectivity index is 1.24. The Morgan fingerprint density at radius 3 is 2.38 bits per heavy atom. The molecule has 0 fully saturated rings. The number of halogens is 3. The predicted octanol–water partition coefficient (Wildman–Crippen LogP) is 5.37. The summed E-state index contributed by atoms with van der Waals surface area (Å²) in [7, 11) is 0. The molecule has 1 aromatic heterocycles. The number of aromatic nitrogens is 3. The van der Waals surface area contributed by atoms with Crippen molar-refractivity contribution in [1.82, 2.24) is 14.8 Å². The van der Waals surface area contributed by atoms with Crippen molar-refractivity contribution in [3.8, 4) is 22.8 Å². The summed E-state index contributed by atoms with van der Waals surface area (Å²) in [5.41, 5.74) is 3.23. The lowest BCUT2D eigenvalue weighted by atomic mass is 10.1. The number of amidine groups is 1. The minimum absolute atomic E-state index is 0.0368. The number of hydrogen-bond acceptors (Lipinski definition) is 6. The number of benzene rings is 3. The Labute approximate surface area is 192 Å². The minimum atomic E-state index is -4.73. The number of nitrogens with one attached hydrogen (secondary N) is 1. The number of ether oxygens (including phenoxy) is 2. The molecule has 2 heterocycles. The molecule has 4 aromatic rings. The number of aliphatic imine (C=N–C) groups is 1. The van der Waals surface area contributed by atoms with Crippen LogP contribution in [0.1, 0.15) is 11.6 Å². The van der Waals surface area contributed by atoms with E-state index < -0.39 is 6.36 Å². The molecule has 3 aromatic carbocycles. The van der Waals surface area contributed by atoms with Gasteiger partial charge in [0.05, 0.1) is 5.69 Å². The summed E-state index contributed by atoms with van der Waals surface area (Å²) < 4.78 is 48.0. The van der Waals surface area contributed by atoms with Gasteiger partial charge in [-0.15, -0.1) is 18.3 Å². The molecule has 1 atom stereocenters. The molecule has 1 aliphatic rings. The highest BCUT2D eigenvalue weighted by Gasteiger charge is 2.31. The fourth-order valence-electron chi connectivity index (χ4n) is 3.43. The smallest absolute Gasteiger partial charge is 0.462 e. The van der Waals surface area contributed by atoms with Crippen LogP contribution in [0, 0.1) is 0 Å². The zero-order valence-electron chi connectivity index (χ0n) is 17.6. The molecule has 172 valence electrons. The highest BCUT2D eigenvalue weighted by atomic mass is 19.4. The van der Waals surface area contributed by atoms with Crippen LogP contribution in [-0.4, -0.2) is 33.8 Å². The van der Waals surface area contributed by atoms with E-state index in [1.54, 1.807) is 0 Å². The summed E-state index contributed by atoms with van der Waals surface area (Å²) in [6, 6.07) is 23.2. The lowest BCUT2D eigenvalue weighted by Crippen LogP contribution is -2.17. The first-order chi connectivity index (χ1) is 16.4. The van der Waals surface area contributed by atoms with Crippen molar-refractivity contribution in [2.24, 2.45) is 4.99 Å². The van der Waals surface area contributed by atoms with E-state index in [0.29, 0.717) is 24.1 Å². The molecule has 0 aliphatic carbocycles. The predicted molar refractivity (Wildman–Crippen MR) is 120 cm³/mol. The summed E-state index contributed by atoms with van der Waals surface area (Å²) in [6.45, 7) is 0.481. The van der Waals surface area contributed by atoms with Crippen molar-refractivity contribution in [3.63, 3.8) is 0 Å². The largest absolute Gasteiger partial charge is 0.573 e. The topological polar surface area (TPSA) is 73.6 Å². The van der Waals surface area contributed by atoms with Crippen molar-refractivity contribution < 1.29 is 22.6 Å². The van der Waals surface area contributed by atoms with Gasteiger partial charge in [-0.1, -0.05) is 30.3 Å². The van der Waals surface area contributed by atoms with Gasteiger partial charge in [0, 0.05) is 11.3 Å². The van der Waals surface area contributed by atoms with Crippen molar-refractivity contribution >= 4 is 11.7 Å². The standard InChI is InChI=1S/C24H18F3N5O2/c25-24(26,27)34-20-12-10-19(11-13-20)32-15-28-22(31-32)17-6-8-18(9-7-17)29-23-30-21(14-33-23)16-4-2-1-3-5-16/h1-13,15,21H,14H2,(H,29,30)/t21-/m0/s1. The molecule has 0 saturated heterocycles. The van der Waals surface area contributed by atoms with Crippen molar-refractivity contribution in [1.29, 1.82) is 0 Å². The minimum Gasteiger partial charge on any atom is -0.462 e. The Hall–Kier alpha value is -4.34. The van der Waals surface area contributed by atoms with E-state index in [1.165, 1.54) is 35.3 Å². The second-order valence-electron chi connectivity index (χ2n) is 7.43. The zero-order valence-corrected chi connectivity index (χ0v) is 17.6. The van der Waals surface area contributed by atoms with E-state index in [-0.39, 0.29) is 11.8 Å². The lowest BCUT2D eigenvalue weighted by molar-refractivity contribution is -0.274. The number of alkyl halides is 3.